The van der Waals surface area contributed by atoms with E-state index in [0.29, 0.717) is 0 Å². The third kappa shape index (κ3) is 3.47. The lowest BCUT2D eigenvalue weighted by atomic mass is 9.97. The van der Waals surface area contributed by atoms with Crippen LogP contribution in [0.3, 0.4) is 0 Å². The molecule has 120 valence electrons. The van der Waals surface area contributed by atoms with Gasteiger partial charge in [0.1, 0.15) is 0 Å². The van der Waals surface area contributed by atoms with Crippen LogP contribution in [0.1, 0.15) is 18.1 Å². The van der Waals surface area contributed by atoms with Crippen LogP contribution in [-0.2, 0) is 6.54 Å². The highest BCUT2D eigenvalue weighted by atomic mass is 14.8. The topological polar surface area (TPSA) is 12.0 Å². The van der Waals surface area contributed by atoms with Crippen LogP contribution in [0.25, 0.3) is 22.9 Å². The van der Waals surface area contributed by atoms with E-state index in [9.17, 15) is 0 Å². The third-order valence-electron chi connectivity index (χ3n) is 4.27. The largest absolute Gasteiger partial charge is 0.309 e. The quantitative estimate of drug-likeness (QED) is 0.559. The van der Waals surface area contributed by atoms with Gasteiger partial charge in [0.25, 0.3) is 0 Å². The van der Waals surface area contributed by atoms with Gasteiger partial charge in [0.15, 0.2) is 0 Å². The summed E-state index contributed by atoms with van der Waals surface area (Å²) in [6.45, 7) is 7.51. The zero-order valence-electron chi connectivity index (χ0n) is 14.1. The number of fused-ring (bicyclic) bond motifs is 1. The Hall–Kier alpha value is -2.64. The summed E-state index contributed by atoms with van der Waals surface area (Å²) >= 11 is 0. The first-order chi connectivity index (χ1) is 11.8. The fraction of sp³-hybridized carbons (Fsp3) is 0.130. The Morgan fingerprint density at radius 2 is 1.67 bits per heavy atom. The number of hydrogen-bond donors (Lipinski definition) is 1. The van der Waals surface area contributed by atoms with Gasteiger partial charge in [-0.15, -0.1) is 6.58 Å². The van der Waals surface area contributed by atoms with Gasteiger partial charge in [0.2, 0.25) is 0 Å². The summed E-state index contributed by atoms with van der Waals surface area (Å²) in [4.78, 5) is 0. The molecule has 0 heterocycles. The van der Waals surface area contributed by atoms with Crippen LogP contribution in [0.4, 0.5) is 0 Å². The van der Waals surface area contributed by atoms with E-state index in [0.717, 1.165) is 13.1 Å². The van der Waals surface area contributed by atoms with Crippen molar-refractivity contribution in [3.05, 3.63) is 94.9 Å². The van der Waals surface area contributed by atoms with Crippen molar-refractivity contribution >= 4 is 22.9 Å². The van der Waals surface area contributed by atoms with E-state index in [4.69, 9.17) is 0 Å². The molecule has 0 aliphatic carbocycles. The molecule has 3 aromatic carbocycles. The first-order valence-corrected chi connectivity index (χ1v) is 8.39. The molecule has 3 aromatic rings. The minimum Gasteiger partial charge on any atom is -0.309 e. The first-order valence-electron chi connectivity index (χ1n) is 8.39. The molecule has 0 saturated heterocycles. The Morgan fingerprint density at radius 3 is 2.46 bits per heavy atom. The summed E-state index contributed by atoms with van der Waals surface area (Å²) in [6, 6.07) is 21.5. The zero-order valence-corrected chi connectivity index (χ0v) is 14.1. The molecular formula is C23H23N. The van der Waals surface area contributed by atoms with Crippen LogP contribution in [0.15, 0.2) is 73.3 Å². The van der Waals surface area contributed by atoms with Crippen molar-refractivity contribution in [1.29, 1.82) is 0 Å². The van der Waals surface area contributed by atoms with Crippen LogP contribution in [0.5, 0.6) is 0 Å². The average Bonchev–Trinajstić information content (AvgIpc) is 2.64. The van der Waals surface area contributed by atoms with Crippen molar-refractivity contribution < 1.29 is 0 Å². The number of rotatable bonds is 5. The van der Waals surface area contributed by atoms with Crippen molar-refractivity contribution in [2.45, 2.75) is 13.5 Å². The molecule has 1 heteroatoms. The zero-order chi connectivity index (χ0) is 16.8. The van der Waals surface area contributed by atoms with Crippen LogP contribution < -0.4 is 15.8 Å². The highest BCUT2D eigenvalue weighted by Crippen LogP contribution is 2.23. The first kappa shape index (κ1) is 16.2. The summed E-state index contributed by atoms with van der Waals surface area (Å²) in [6.07, 6.45) is 6.36. The third-order valence-corrected chi connectivity index (χ3v) is 4.27. The second-order valence-electron chi connectivity index (χ2n) is 5.84. The molecule has 0 radical (unpaired) electrons. The Kier molecular flexibility index (Phi) is 5.25. The molecule has 0 unspecified atom stereocenters. The normalized spacial score (nSPS) is 12.7. The minimum absolute atomic E-state index is 0.811. The predicted molar refractivity (Wildman–Crippen MR) is 105 cm³/mol. The van der Waals surface area contributed by atoms with Crippen molar-refractivity contribution in [3.8, 4) is 0 Å². The van der Waals surface area contributed by atoms with Gasteiger partial charge in [0.05, 0.1) is 0 Å². The van der Waals surface area contributed by atoms with Crippen molar-refractivity contribution in [3.63, 3.8) is 0 Å². The lowest BCUT2D eigenvalue weighted by Gasteiger charge is -2.11. The fourth-order valence-corrected chi connectivity index (χ4v) is 3.03. The van der Waals surface area contributed by atoms with E-state index in [-0.39, 0.29) is 0 Å². The molecule has 3 rings (SSSR count). The van der Waals surface area contributed by atoms with Crippen LogP contribution in [-0.4, -0.2) is 6.54 Å². The lowest BCUT2D eigenvalue weighted by molar-refractivity contribution is 0.760. The molecular weight excluding hydrogens is 290 g/mol. The lowest BCUT2D eigenvalue weighted by Crippen LogP contribution is -2.23. The van der Waals surface area contributed by atoms with E-state index < -0.39 is 0 Å². The van der Waals surface area contributed by atoms with Crippen LogP contribution >= 0.6 is 0 Å². The molecule has 0 aliphatic rings. The van der Waals surface area contributed by atoms with Gasteiger partial charge < -0.3 is 5.32 Å². The van der Waals surface area contributed by atoms with Gasteiger partial charge in [0, 0.05) is 13.1 Å². The predicted octanol–water partition coefficient (Wildman–Crippen LogP) is 3.74. The highest BCUT2D eigenvalue weighted by molar-refractivity contribution is 5.91. The molecule has 24 heavy (non-hydrogen) atoms. The maximum atomic E-state index is 3.78. The molecule has 1 N–H and O–H groups in total. The van der Waals surface area contributed by atoms with E-state index in [1.165, 1.54) is 32.3 Å². The van der Waals surface area contributed by atoms with Gasteiger partial charge >= 0.3 is 0 Å². The van der Waals surface area contributed by atoms with E-state index >= 15 is 0 Å². The maximum Gasteiger partial charge on any atom is 0.0214 e. The number of hydrogen-bond acceptors (Lipinski definition) is 1. The molecule has 0 atom stereocenters. The Balaban J connectivity index is 2.23. The summed E-state index contributed by atoms with van der Waals surface area (Å²) in [5.41, 5.74) is 2.60. The smallest absolute Gasteiger partial charge is 0.0214 e. The van der Waals surface area contributed by atoms with Crippen molar-refractivity contribution in [2.75, 3.05) is 6.54 Å². The summed E-state index contributed by atoms with van der Waals surface area (Å²) < 4.78 is 0. The monoisotopic (exact) mass is 313 g/mol. The molecule has 0 aromatic heterocycles. The Bertz CT molecular complexity index is 967. The molecule has 0 fully saturated rings. The average molecular weight is 313 g/mol. The molecule has 0 aliphatic heterocycles. The second kappa shape index (κ2) is 7.76. The molecule has 0 saturated carbocycles. The van der Waals surface area contributed by atoms with E-state index in [2.05, 4.69) is 91.6 Å². The van der Waals surface area contributed by atoms with Gasteiger partial charge in [-0.3, -0.25) is 0 Å². The van der Waals surface area contributed by atoms with Crippen LogP contribution in [0, 0.1) is 0 Å². The van der Waals surface area contributed by atoms with Gasteiger partial charge in [-0.25, -0.2) is 0 Å². The molecule has 0 spiro atoms. The number of benzene rings is 3. The van der Waals surface area contributed by atoms with E-state index in [1.807, 2.05) is 6.08 Å². The maximum absolute atomic E-state index is 3.78. The molecule has 0 bridgehead atoms. The SMILES string of the molecule is C=CCNCc1ccc2ccccc2c1/C=c1\cccc\c1=C\C. The van der Waals surface area contributed by atoms with Gasteiger partial charge in [-0.05, 0) is 45.3 Å². The van der Waals surface area contributed by atoms with Gasteiger partial charge in [-0.1, -0.05) is 72.8 Å². The fourth-order valence-electron chi connectivity index (χ4n) is 3.03. The summed E-state index contributed by atoms with van der Waals surface area (Å²) in [5.74, 6) is 0. The number of nitrogens with one attached hydrogen (secondary N) is 1. The van der Waals surface area contributed by atoms with E-state index in [1.54, 1.807) is 0 Å². The van der Waals surface area contributed by atoms with Crippen molar-refractivity contribution in [1.82, 2.24) is 5.32 Å². The van der Waals surface area contributed by atoms with Gasteiger partial charge in [-0.2, -0.15) is 0 Å². The Labute approximate surface area is 143 Å². The summed E-state index contributed by atoms with van der Waals surface area (Å²) in [5, 5.41) is 8.50. The molecule has 0 amide bonds. The Morgan fingerprint density at radius 1 is 0.917 bits per heavy atom. The summed E-state index contributed by atoms with van der Waals surface area (Å²) in [7, 11) is 0. The minimum atomic E-state index is 0.811. The van der Waals surface area contributed by atoms with Crippen LogP contribution in [0.2, 0.25) is 0 Å². The standard InChI is InChI=1S/C23H23N/c1-3-15-24-17-21-14-13-19-10-7-8-12-22(19)23(21)16-20-11-6-5-9-18(20)4-2/h3-14,16,24H,1,15,17H2,2H3/b18-4-,20-16+. The van der Waals surface area contributed by atoms with Crippen molar-refractivity contribution in [2.24, 2.45) is 0 Å². The second-order valence-corrected chi connectivity index (χ2v) is 5.84. The molecule has 1 nitrogen and oxygen atoms in total. The highest BCUT2D eigenvalue weighted by Gasteiger charge is 2.05.